The van der Waals surface area contributed by atoms with Crippen LogP contribution in [0.4, 0.5) is 0 Å². The van der Waals surface area contributed by atoms with E-state index in [9.17, 15) is 8.42 Å². The zero-order valence-electron chi connectivity index (χ0n) is 10.1. The summed E-state index contributed by atoms with van der Waals surface area (Å²) in [5.41, 5.74) is -0.213. The van der Waals surface area contributed by atoms with Gasteiger partial charge in [-0.3, -0.25) is 0 Å². The Labute approximate surface area is 98.0 Å². The van der Waals surface area contributed by atoms with Crippen molar-refractivity contribution in [1.82, 2.24) is 10.0 Å². The summed E-state index contributed by atoms with van der Waals surface area (Å²) in [5, 5.41) is 3.33. The minimum absolute atomic E-state index is 0.191. The lowest BCUT2D eigenvalue weighted by atomic mass is 9.99. The topological polar surface area (TPSA) is 67.4 Å². The molecule has 0 bridgehead atoms. The Morgan fingerprint density at radius 2 is 2.25 bits per heavy atom. The Bertz CT molecular complexity index is 297. The molecule has 1 rings (SSSR count). The van der Waals surface area contributed by atoms with Crippen molar-refractivity contribution in [3.63, 3.8) is 0 Å². The van der Waals surface area contributed by atoms with Crippen LogP contribution in [0.2, 0.25) is 0 Å². The second kappa shape index (κ2) is 5.95. The van der Waals surface area contributed by atoms with Crippen molar-refractivity contribution < 1.29 is 13.2 Å². The molecule has 1 fully saturated rings. The molecule has 1 heterocycles. The van der Waals surface area contributed by atoms with Crippen LogP contribution in [-0.2, 0) is 14.8 Å². The van der Waals surface area contributed by atoms with Crippen molar-refractivity contribution in [3.8, 4) is 0 Å². The van der Waals surface area contributed by atoms with Gasteiger partial charge in [0.05, 0.1) is 17.9 Å². The maximum Gasteiger partial charge on any atom is 0.211 e. The summed E-state index contributed by atoms with van der Waals surface area (Å²) in [5.74, 6) is 0.191. The number of nitrogens with one attached hydrogen (secondary N) is 2. The molecule has 0 aromatic heterocycles. The predicted molar refractivity (Wildman–Crippen MR) is 63.9 cm³/mol. The molecule has 1 unspecified atom stereocenters. The molecule has 5 nitrogen and oxygen atoms in total. The molecule has 6 heteroatoms. The molecule has 1 saturated heterocycles. The lowest BCUT2D eigenvalue weighted by Crippen LogP contribution is -2.53. The average Bonchev–Trinajstić information content (AvgIpc) is 2.65. The van der Waals surface area contributed by atoms with Crippen LogP contribution >= 0.6 is 0 Å². The summed E-state index contributed by atoms with van der Waals surface area (Å²) >= 11 is 0. The molecule has 1 aliphatic heterocycles. The zero-order chi connectivity index (χ0) is 12.1. The smallest absolute Gasteiger partial charge is 0.211 e. The van der Waals surface area contributed by atoms with Crippen molar-refractivity contribution in [2.24, 2.45) is 0 Å². The normalized spacial score (nSPS) is 26.1. The molecular formula is C10H22N2O3S. The number of hydrogen-bond acceptors (Lipinski definition) is 4. The van der Waals surface area contributed by atoms with E-state index >= 15 is 0 Å². The first kappa shape index (κ1) is 13.9. The van der Waals surface area contributed by atoms with Gasteiger partial charge in [0.25, 0.3) is 0 Å². The van der Waals surface area contributed by atoms with E-state index in [1.807, 2.05) is 6.92 Å². The monoisotopic (exact) mass is 250 g/mol. The first-order valence-electron chi connectivity index (χ1n) is 5.75. The highest BCUT2D eigenvalue weighted by molar-refractivity contribution is 7.89. The van der Waals surface area contributed by atoms with Gasteiger partial charge in [0.15, 0.2) is 0 Å². The average molecular weight is 250 g/mol. The molecule has 0 aliphatic carbocycles. The van der Waals surface area contributed by atoms with E-state index in [1.165, 1.54) is 0 Å². The fraction of sp³-hybridized carbons (Fsp3) is 1.00. The summed E-state index contributed by atoms with van der Waals surface area (Å²) in [6, 6.07) is 0. The quantitative estimate of drug-likeness (QED) is 0.672. The van der Waals surface area contributed by atoms with Gasteiger partial charge in [-0.15, -0.1) is 0 Å². The Hall–Kier alpha value is -0.170. The fourth-order valence-electron chi connectivity index (χ4n) is 2.06. The van der Waals surface area contributed by atoms with E-state index in [-0.39, 0.29) is 11.3 Å². The Kier molecular flexibility index (Phi) is 5.17. The van der Waals surface area contributed by atoms with Gasteiger partial charge in [-0.1, -0.05) is 6.92 Å². The third-order valence-electron chi connectivity index (χ3n) is 2.86. The van der Waals surface area contributed by atoms with Crippen LogP contribution in [0.25, 0.3) is 0 Å². The highest BCUT2D eigenvalue weighted by Gasteiger charge is 2.34. The SMILES string of the molecule is CCCS(=O)(=O)NCC1(COC)CCCN1. The first-order valence-corrected chi connectivity index (χ1v) is 7.40. The molecule has 0 spiro atoms. The van der Waals surface area contributed by atoms with E-state index < -0.39 is 10.0 Å². The molecule has 0 amide bonds. The number of hydrogen-bond donors (Lipinski definition) is 2. The minimum atomic E-state index is -3.12. The van der Waals surface area contributed by atoms with Crippen molar-refractivity contribution in [2.45, 2.75) is 31.7 Å². The van der Waals surface area contributed by atoms with Crippen molar-refractivity contribution >= 4 is 10.0 Å². The number of rotatable bonds is 7. The minimum Gasteiger partial charge on any atom is -0.383 e. The maximum atomic E-state index is 11.6. The molecule has 0 radical (unpaired) electrons. The van der Waals surface area contributed by atoms with Crippen LogP contribution in [0, 0.1) is 0 Å². The molecule has 2 N–H and O–H groups in total. The van der Waals surface area contributed by atoms with Crippen molar-refractivity contribution in [1.29, 1.82) is 0 Å². The van der Waals surface area contributed by atoms with Gasteiger partial charge in [-0.2, -0.15) is 0 Å². The number of sulfonamides is 1. The molecule has 0 aromatic rings. The fourth-order valence-corrected chi connectivity index (χ4v) is 3.24. The van der Waals surface area contributed by atoms with Gasteiger partial charge in [0, 0.05) is 13.7 Å². The molecule has 96 valence electrons. The van der Waals surface area contributed by atoms with Gasteiger partial charge < -0.3 is 10.1 Å². The van der Waals surface area contributed by atoms with Crippen LogP contribution in [0.1, 0.15) is 26.2 Å². The predicted octanol–water partition coefficient (Wildman–Crippen LogP) is 0.0844. The van der Waals surface area contributed by atoms with Crippen LogP contribution in [0.5, 0.6) is 0 Å². The summed E-state index contributed by atoms with van der Waals surface area (Å²) < 4.78 is 30.9. The summed E-state index contributed by atoms with van der Waals surface area (Å²) in [6.45, 7) is 3.75. The molecule has 0 aromatic carbocycles. The highest BCUT2D eigenvalue weighted by atomic mass is 32.2. The molecule has 1 atom stereocenters. The largest absolute Gasteiger partial charge is 0.383 e. The van der Waals surface area contributed by atoms with Gasteiger partial charge in [0.1, 0.15) is 0 Å². The van der Waals surface area contributed by atoms with Crippen LogP contribution in [0.15, 0.2) is 0 Å². The summed E-state index contributed by atoms with van der Waals surface area (Å²) in [7, 11) is -1.48. The Balaban J connectivity index is 2.50. The van der Waals surface area contributed by atoms with E-state index in [4.69, 9.17) is 4.74 Å². The standard InChI is InChI=1S/C10H22N2O3S/c1-3-7-16(13,14)12-8-10(9-15-2)5-4-6-11-10/h11-12H,3-9H2,1-2H3. The van der Waals surface area contributed by atoms with Gasteiger partial charge >= 0.3 is 0 Å². The Morgan fingerprint density at radius 1 is 1.50 bits per heavy atom. The lowest BCUT2D eigenvalue weighted by Gasteiger charge is -2.28. The van der Waals surface area contributed by atoms with Crippen LogP contribution < -0.4 is 10.0 Å². The maximum absolute atomic E-state index is 11.6. The second-order valence-electron chi connectivity index (χ2n) is 4.38. The number of ether oxygens (including phenoxy) is 1. The van der Waals surface area contributed by atoms with E-state index in [0.717, 1.165) is 19.4 Å². The van der Waals surface area contributed by atoms with E-state index in [1.54, 1.807) is 7.11 Å². The van der Waals surface area contributed by atoms with Crippen molar-refractivity contribution in [3.05, 3.63) is 0 Å². The third kappa shape index (κ3) is 4.01. The van der Waals surface area contributed by atoms with Crippen molar-refractivity contribution in [2.75, 3.05) is 32.6 Å². The summed E-state index contributed by atoms with van der Waals surface area (Å²) in [4.78, 5) is 0. The Morgan fingerprint density at radius 3 is 2.75 bits per heavy atom. The number of methoxy groups -OCH3 is 1. The van der Waals surface area contributed by atoms with Crippen LogP contribution in [-0.4, -0.2) is 46.5 Å². The van der Waals surface area contributed by atoms with Gasteiger partial charge in [0.2, 0.25) is 10.0 Å². The molecule has 16 heavy (non-hydrogen) atoms. The zero-order valence-corrected chi connectivity index (χ0v) is 10.9. The first-order chi connectivity index (χ1) is 7.54. The molecule has 0 saturated carbocycles. The van der Waals surface area contributed by atoms with E-state index in [2.05, 4.69) is 10.0 Å². The van der Waals surface area contributed by atoms with E-state index in [0.29, 0.717) is 19.6 Å². The summed E-state index contributed by atoms with van der Waals surface area (Å²) in [6.07, 6.45) is 2.66. The van der Waals surface area contributed by atoms with Gasteiger partial charge in [-0.25, -0.2) is 13.1 Å². The van der Waals surface area contributed by atoms with Crippen LogP contribution in [0.3, 0.4) is 0 Å². The second-order valence-corrected chi connectivity index (χ2v) is 6.31. The lowest BCUT2D eigenvalue weighted by molar-refractivity contribution is 0.122. The third-order valence-corrected chi connectivity index (χ3v) is 4.39. The molecular weight excluding hydrogens is 228 g/mol. The van der Waals surface area contributed by atoms with Gasteiger partial charge in [-0.05, 0) is 25.8 Å². The molecule has 1 aliphatic rings. The highest BCUT2D eigenvalue weighted by Crippen LogP contribution is 2.19.